The third-order valence-corrected chi connectivity index (χ3v) is 3.67. The largest absolute Gasteiger partial charge is 0.504 e. The van der Waals surface area contributed by atoms with Crippen molar-refractivity contribution < 1.29 is 14.6 Å². The molecule has 1 aromatic heterocycles. The molecule has 0 bridgehead atoms. The molecule has 0 saturated heterocycles. The molecule has 2 aromatic rings. The molecule has 0 amide bonds. The van der Waals surface area contributed by atoms with Crippen LogP contribution in [0.1, 0.15) is 22.7 Å². The average molecular weight is 298 g/mol. The van der Waals surface area contributed by atoms with E-state index in [2.05, 4.69) is 16.3 Å². The van der Waals surface area contributed by atoms with E-state index in [0.717, 1.165) is 11.3 Å². The predicted octanol–water partition coefficient (Wildman–Crippen LogP) is 1.65. The van der Waals surface area contributed by atoms with Gasteiger partial charge in [0.25, 0.3) is 0 Å². The number of nitrogens with one attached hydrogen (secondary N) is 1. The lowest BCUT2D eigenvalue weighted by Crippen LogP contribution is -2.21. The van der Waals surface area contributed by atoms with Gasteiger partial charge in [0.05, 0.1) is 13.0 Å². The van der Waals surface area contributed by atoms with Crippen LogP contribution in [-0.4, -0.2) is 22.4 Å². The number of rotatable bonds is 2. The zero-order valence-electron chi connectivity index (χ0n) is 12.0. The van der Waals surface area contributed by atoms with Gasteiger partial charge in [0.2, 0.25) is 11.8 Å². The number of benzene rings is 1. The molecule has 0 fully saturated rings. The lowest BCUT2D eigenvalue weighted by atomic mass is 9.84. The van der Waals surface area contributed by atoms with Gasteiger partial charge in [0.1, 0.15) is 11.6 Å². The van der Waals surface area contributed by atoms with Crippen LogP contribution >= 0.6 is 0 Å². The summed E-state index contributed by atoms with van der Waals surface area (Å²) < 4.78 is 10.4. The normalized spacial score (nSPS) is 16.7. The Hall–Kier alpha value is -3.14. The summed E-state index contributed by atoms with van der Waals surface area (Å²) in [6.45, 7) is 1.84. The second-order valence-corrected chi connectivity index (χ2v) is 4.92. The molecule has 7 nitrogen and oxygen atoms in total. The molecule has 0 aliphatic carbocycles. The van der Waals surface area contributed by atoms with Crippen LogP contribution in [0, 0.1) is 18.3 Å². The highest BCUT2D eigenvalue weighted by molar-refractivity contribution is 5.57. The maximum absolute atomic E-state index is 10.0. The number of hydrogen-bond donors (Lipinski definition) is 3. The first-order valence-corrected chi connectivity index (χ1v) is 6.56. The second-order valence-electron chi connectivity index (χ2n) is 4.92. The van der Waals surface area contributed by atoms with Crippen molar-refractivity contribution in [2.24, 2.45) is 5.73 Å². The van der Waals surface area contributed by atoms with Gasteiger partial charge in [0.15, 0.2) is 11.5 Å². The molecule has 0 radical (unpaired) electrons. The topological polar surface area (TPSA) is 117 Å². The zero-order valence-corrected chi connectivity index (χ0v) is 12.0. The Morgan fingerprint density at radius 1 is 1.50 bits per heavy atom. The van der Waals surface area contributed by atoms with Crippen molar-refractivity contribution in [3.8, 4) is 23.4 Å². The van der Waals surface area contributed by atoms with Gasteiger partial charge < -0.3 is 20.3 Å². The summed E-state index contributed by atoms with van der Waals surface area (Å²) in [6.07, 6.45) is 0. The van der Waals surface area contributed by atoms with Crippen molar-refractivity contribution in [3.63, 3.8) is 0 Å². The van der Waals surface area contributed by atoms with Gasteiger partial charge >= 0.3 is 0 Å². The minimum Gasteiger partial charge on any atom is -0.504 e. The van der Waals surface area contributed by atoms with E-state index in [1.807, 2.05) is 6.92 Å². The number of aryl methyl sites for hydroxylation is 1. The van der Waals surface area contributed by atoms with Gasteiger partial charge in [-0.1, -0.05) is 6.07 Å². The maximum atomic E-state index is 10.0. The standard InChI is InChI=1S/C15H14N4O3/c1-7-12-13(8-3-4-11(21-2)10(20)5-8)9(6-16)14(17)22-15(12)19-18-7/h3-5,13,20H,17H2,1-2H3,(H,18,19)/t13-/m0/s1. The smallest absolute Gasteiger partial charge is 0.244 e. The van der Waals surface area contributed by atoms with Gasteiger partial charge in [-0.3, -0.25) is 5.10 Å². The Labute approximate surface area is 126 Å². The number of H-pyrrole nitrogens is 1. The molecule has 0 spiro atoms. The Bertz CT molecular complexity index is 817. The summed E-state index contributed by atoms with van der Waals surface area (Å²) in [5.41, 5.74) is 8.31. The van der Waals surface area contributed by atoms with Crippen molar-refractivity contribution >= 4 is 0 Å². The fraction of sp³-hybridized carbons (Fsp3) is 0.200. The van der Waals surface area contributed by atoms with Crippen LogP contribution in [-0.2, 0) is 0 Å². The highest BCUT2D eigenvalue weighted by atomic mass is 16.5. The third kappa shape index (κ3) is 1.93. The minimum absolute atomic E-state index is 0.00921. The van der Waals surface area contributed by atoms with E-state index in [4.69, 9.17) is 15.2 Å². The first-order valence-electron chi connectivity index (χ1n) is 6.56. The number of phenols is 1. The number of nitriles is 1. The summed E-state index contributed by atoms with van der Waals surface area (Å²) in [5.74, 6) is 0.251. The molecule has 4 N–H and O–H groups in total. The van der Waals surface area contributed by atoms with Gasteiger partial charge in [-0.15, -0.1) is 5.10 Å². The SMILES string of the molecule is COc1ccc([C@H]2C(C#N)=C(N)Oc3n[nH]c(C)c32)cc1O. The number of methoxy groups -OCH3 is 1. The van der Waals surface area contributed by atoms with E-state index in [1.54, 1.807) is 18.2 Å². The van der Waals surface area contributed by atoms with Crippen LogP contribution in [0.15, 0.2) is 29.7 Å². The van der Waals surface area contributed by atoms with E-state index in [9.17, 15) is 10.4 Å². The average Bonchev–Trinajstić information content (AvgIpc) is 2.86. The Morgan fingerprint density at radius 2 is 2.27 bits per heavy atom. The lowest BCUT2D eigenvalue weighted by molar-refractivity contribution is 0.371. The van der Waals surface area contributed by atoms with Crippen molar-refractivity contribution in [3.05, 3.63) is 46.5 Å². The summed E-state index contributed by atoms with van der Waals surface area (Å²) in [6, 6.07) is 7.05. The van der Waals surface area contributed by atoms with Crippen molar-refractivity contribution in [1.29, 1.82) is 5.26 Å². The number of fused-ring (bicyclic) bond motifs is 1. The first-order chi connectivity index (χ1) is 10.6. The maximum Gasteiger partial charge on any atom is 0.244 e. The Balaban J connectivity index is 2.21. The molecule has 1 aliphatic rings. The van der Waals surface area contributed by atoms with Gasteiger partial charge in [-0.25, -0.2) is 0 Å². The monoisotopic (exact) mass is 298 g/mol. The number of nitrogens with zero attached hydrogens (tertiary/aromatic N) is 2. The molecule has 112 valence electrons. The number of aromatic nitrogens is 2. The van der Waals surface area contributed by atoms with Gasteiger partial charge in [0, 0.05) is 11.3 Å². The molecule has 0 unspecified atom stereocenters. The number of aromatic hydroxyl groups is 1. The van der Waals surface area contributed by atoms with E-state index in [-0.39, 0.29) is 17.2 Å². The Morgan fingerprint density at radius 3 is 2.91 bits per heavy atom. The van der Waals surface area contributed by atoms with Crippen LogP contribution in [0.2, 0.25) is 0 Å². The summed E-state index contributed by atoms with van der Waals surface area (Å²) in [5, 5.41) is 26.3. The van der Waals surface area contributed by atoms with E-state index in [0.29, 0.717) is 17.2 Å². The fourth-order valence-corrected chi connectivity index (χ4v) is 2.62. The number of allylic oxidation sites excluding steroid dienone is 1. The lowest BCUT2D eigenvalue weighted by Gasteiger charge is -2.23. The fourth-order valence-electron chi connectivity index (χ4n) is 2.62. The summed E-state index contributed by atoms with van der Waals surface area (Å²) in [4.78, 5) is 0. The van der Waals surface area contributed by atoms with Crippen molar-refractivity contribution in [2.75, 3.05) is 7.11 Å². The number of hydrogen-bond acceptors (Lipinski definition) is 6. The van der Waals surface area contributed by atoms with Crippen LogP contribution in [0.25, 0.3) is 0 Å². The summed E-state index contributed by atoms with van der Waals surface area (Å²) in [7, 11) is 1.47. The quantitative estimate of drug-likeness (QED) is 0.776. The van der Waals surface area contributed by atoms with Crippen LogP contribution in [0.3, 0.4) is 0 Å². The Kier molecular flexibility index (Phi) is 3.14. The highest BCUT2D eigenvalue weighted by Crippen LogP contribution is 2.44. The van der Waals surface area contributed by atoms with E-state index >= 15 is 0 Å². The molecule has 2 heterocycles. The number of ether oxygens (including phenoxy) is 2. The van der Waals surface area contributed by atoms with E-state index in [1.165, 1.54) is 7.11 Å². The molecule has 1 atom stereocenters. The van der Waals surface area contributed by atoms with Gasteiger partial charge in [-0.2, -0.15) is 5.26 Å². The van der Waals surface area contributed by atoms with E-state index < -0.39 is 5.92 Å². The zero-order chi connectivity index (χ0) is 15.9. The molecule has 0 saturated carbocycles. The third-order valence-electron chi connectivity index (χ3n) is 3.67. The molecular formula is C15H14N4O3. The second kappa shape index (κ2) is 5.00. The first kappa shape index (κ1) is 13.8. The highest BCUT2D eigenvalue weighted by Gasteiger charge is 2.34. The predicted molar refractivity (Wildman–Crippen MR) is 77.3 cm³/mol. The van der Waals surface area contributed by atoms with Crippen LogP contribution in [0.5, 0.6) is 17.4 Å². The molecular weight excluding hydrogens is 284 g/mol. The van der Waals surface area contributed by atoms with Crippen molar-refractivity contribution in [1.82, 2.24) is 10.2 Å². The molecule has 1 aliphatic heterocycles. The van der Waals surface area contributed by atoms with Crippen LogP contribution in [0.4, 0.5) is 0 Å². The summed E-state index contributed by atoms with van der Waals surface area (Å²) >= 11 is 0. The number of aromatic amines is 1. The minimum atomic E-state index is -0.454. The molecule has 1 aromatic carbocycles. The molecule has 3 rings (SSSR count). The van der Waals surface area contributed by atoms with Crippen LogP contribution < -0.4 is 15.2 Å². The number of phenolic OH excluding ortho intramolecular Hbond substituents is 1. The number of nitrogens with two attached hydrogens (primary N) is 1. The molecule has 7 heteroatoms. The molecule has 22 heavy (non-hydrogen) atoms. The van der Waals surface area contributed by atoms with Crippen molar-refractivity contribution in [2.45, 2.75) is 12.8 Å². The van der Waals surface area contributed by atoms with Gasteiger partial charge in [-0.05, 0) is 24.6 Å².